The Balaban J connectivity index is 0.00000484. The molecule has 0 saturated heterocycles. The highest BCUT2D eigenvalue weighted by Crippen LogP contribution is 2.18. The molecule has 0 spiro atoms. The van der Waals surface area contributed by atoms with E-state index in [1.54, 1.807) is 0 Å². The maximum Gasteiger partial charge on any atom is 0.223 e. The van der Waals surface area contributed by atoms with E-state index in [1.165, 1.54) is 6.26 Å². The van der Waals surface area contributed by atoms with Crippen molar-refractivity contribution in [2.24, 2.45) is 11.7 Å². The molecular weight excluding hydrogens is 404 g/mol. The summed E-state index contributed by atoms with van der Waals surface area (Å²) in [6, 6.07) is 7.70. The van der Waals surface area contributed by atoms with Crippen LogP contribution in [0.1, 0.15) is 18.4 Å². The second-order valence-corrected chi connectivity index (χ2v) is 8.56. The summed E-state index contributed by atoms with van der Waals surface area (Å²) in [6.07, 6.45) is 2.74. The third-order valence-electron chi connectivity index (χ3n) is 3.26. The molecule has 1 rings (SSSR count). The van der Waals surface area contributed by atoms with Gasteiger partial charge in [-0.15, -0.1) is 12.4 Å². The van der Waals surface area contributed by atoms with Crippen molar-refractivity contribution in [3.63, 3.8) is 0 Å². The van der Waals surface area contributed by atoms with E-state index in [4.69, 9.17) is 5.73 Å². The first-order valence-corrected chi connectivity index (χ1v) is 10.1. The third kappa shape index (κ3) is 9.96. The molecule has 0 saturated carbocycles. The Morgan fingerprint density at radius 1 is 1.39 bits per heavy atom. The Hall–Kier alpha value is -0.630. The lowest BCUT2D eigenvalue weighted by Crippen LogP contribution is -2.34. The SMILES string of the molecule is CS(=O)(=O)CCC(Cc1cccc(Br)c1)C(=O)NCCCN.Cl. The van der Waals surface area contributed by atoms with E-state index in [0.717, 1.165) is 10.0 Å². The van der Waals surface area contributed by atoms with Crippen molar-refractivity contribution in [3.8, 4) is 0 Å². The first-order valence-electron chi connectivity index (χ1n) is 7.22. The van der Waals surface area contributed by atoms with Gasteiger partial charge in [-0.1, -0.05) is 28.1 Å². The monoisotopic (exact) mass is 426 g/mol. The number of rotatable bonds is 9. The number of nitrogens with one attached hydrogen (secondary N) is 1. The second-order valence-electron chi connectivity index (χ2n) is 5.38. The molecule has 8 heteroatoms. The summed E-state index contributed by atoms with van der Waals surface area (Å²) in [5.74, 6) is -0.463. The van der Waals surface area contributed by atoms with Gasteiger partial charge in [0.2, 0.25) is 5.91 Å². The first kappa shape index (κ1) is 22.4. The van der Waals surface area contributed by atoms with Crippen LogP contribution in [0.5, 0.6) is 0 Å². The molecule has 0 bridgehead atoms. The smallest absolute Gasteiger partial charge is 0.223 e. The fraction of sp³-hybridized carbons (Fsp3) is 0.533. The van der Waals surface area contributed by atoms with Gasteiger partial charge in [0.15, 0.2) is 0 Å². The molecule has 0 aromatic heterocycles. The number of carbonyl (C=O) groups is 1. The van der Waals surface area contributed by atoms with Crippen LogP contribution < -0.4 is 11.1 Å². The van der Waals surface area contributed by atoms with Crippen LogP contribution in [0.4, 0.5) is 0 Å². The molecule has 23 heavy (non-hydrogen) atoms. The predicted octanol–water partition coefficient (Wildman–Crippen LogP) is 1.93. The number of halogens is 2. The molecule has 3 N–H and O–H groups in total. The van der Waals surface area contributed by atoms with Gasteiger partial charge in [-0.05, 0) is 43.5 Å². The highest BCUT2D eigenvalue weighted by atomic mass is 79.9. The molecule has 5 nitrogen and oxygen atoms in total. The summed E-state index contributed by atoms with van der Waals surface area (Å²) in [6.45, 7) is 1.03. The van der Waals surface area contributed by atoms with Gasteiger partial charge in [0, 0.05) is 23.2 Å². The first-order chi connectivity index (χ1) is 10.3. The Bertz CT molecular complexity index is 596. The second kappa shape index (κ2) is 11.0. The van der Waals surface area contributed by atoms with Gasteiger partial charge < -0.3 is 11.1 Å². The Kier molecular flexibility index (Phi) is 10.7. The lowest BCUT2D eigenvalue weighted by molar-refractivity contribution is -0.125. The Labute approximate surface area is 152 Å². The molecular formula is C15H24BrClN2O3S. The highest BCUT2D eigenvalue weighted by Gasteiger charge is 2.20. The van der Waals surface area contributed by atoms with Gasteiger partial charge in [-0.2, -0.15) is 0 Å². The molecule has 1 aromatic carbocycles. The van der Waals surface area contributed by atoms with Crippen molar-refractivity contribution in [2.75, 3.05) is 25.1 Å². The molecule has 0 aliphatic rings. The fourth-order valence-electron chi connectivity index (χ4n) is 2.09. The van der Waals surface area contributed by atoms with E-state index in [0.29, 0.717) is 32.4 Å². The van der Waals surface area contributed by atoms with Crippen LogP contribution in [0.2, 0.25) is 0 Å². The number of carbonyl (C=O) groups excluding carboxylic acids is 1. The van der Waals surface area contributed by atoms with E-state index in [1.807, 2.05) is 24.3 Å². The molecule has 0 aliphatic carbocycles. The van der Waals surface area contributed by atoms with Crippen molar-refractivity contribution in [3.05, 3.63) is 34.3 Å². The zero-order valence-corrected chi connectivity index (χ0v) is 16.3. The van der Waals surface area contributed by atoms with Crippen molar-refractivity contribution in [2.45, 2.75) is 19.3 Å². The molecule has 1 atom stereocenters. The number of nitrogens with two attached hydrogens (primary N) is 1. The van der Waals surface area contributed by atoms with E-state index in [-0.39, 0.29) is 30.0 Å². The summed E-state index contributed by atoms with van der Waals surface area (Å²) in [4.78, 5) is 12.3. The zero-order valence-electron chi connectivity index (χ0n) is 13.1. The quantitative estimate of drug-likeness (QED) is 0.589. The Morgan fingerprint density at radius 3 is 2.65 bits per heavy atom. The van der Waals surface area contributed by atoms with Gasteiger partial charge in [-0.25, -0.2) is 8.42 Å². The van der Waals surface area contributed by atoms with Crippen LogP contribution in [0.15, 0.2) is 28.7 Å². The molecule has 0 radical (unpaired) electrons. The van der Waals surface area contributed by atoms with Crippen molar-refractivity contribution < 1.29 is 13.2 Å². The van der Waals surface area contributed by atoms with Crippen LogP contribution in [0, 0.1) is 5.92 Å². The van der Waals surface area contributed by atoms with Gasteiger partial charge >= 0.3 is 0 Å². The van der Waals surface area contributed by atoms with Crippen LogP contribution in [0.25, 0.3) is 0 Å². The largest absolute Gasteiger partial charge is 0.356 e. The molecule has 1 unspecified atom stereocenters. The van der Waals surface area contributed by atoms with E-state index < -0.39 is 9.84 Å². The van der Waals surface area contributed by atoms with E-state index in [9.17, 15) is 13.2 Å². The summed E-state index contributed by atoms with van der Waals surface area (Å²) < 4.78 is 23.7. The minimum absolute atomic E-state index is 0. The lowest BCUT2D eigenvalue weighted by Gasteiger charge is -2.17. The van der Waals surface area contributed by atoms with E-state index >= 15 is 0 Å². The minimum atomic E-state index is -3.09. The molecule has 1 amide bonds. The van der Waals surface area contributed by atoms with Crippen molar-refractivity contribution >= 4 is 44.1 Å². The molecule has 0 aliphatic heterocycles. The fourth-order valence-corrected chi connectivity index (χ4v) is 3.25. The van der Waals surface area contributed by atoms with Gasteiger partial charge in [0.05, 0.1) is 5.75 Å². The van der Waals surface area contributed by atoms with Crippen molar-refractivity contribution in [1.29, 1.82) is 0 Å². The minimum Gasteiger partial charge on any atom is -0.356 e. The highest BCUT2D eigenvalue weighted by molar-refractivity contribution is 9.10. The molecule has 1 aromatic rings. The van der Waals surface area contributed by atoms with Crippen LogP contribution in [0.3, 0.4) is 0 Å². The van der Waals surface area contributed by atoms with Crippen LogP contribution >= 0.6 is 28.3 Å². The third-order valence-corrected chi connectivity index (χ3v) is 4.73. The summed E-state index contributed by atoms with van der Waals surface area (Å²) in [5.41, 5.74) is 6.41. The van der Waals surface area contributed by atoms with E-state index in [2.05, 4.69) is 21.2 Å². The summed E-state index contributed by atoms with van der Waals surface area (Å²) in [7, 11) is -3.09. The molecule has 132 valence electrons. The number of sulfone groups is 1. The lowest BCUT2D eigenvalue weighted by atomic mass is 9.96. The average Bonchev–Trinajstić information content (AvgIpc) is 2.42. The maximum absolute atomic E-state index is 12.3. The number of hydrogen-bond donors (Lipinski definition) is 2. The zero-order chi connectivity index (χ0) is 16.6. The van der Waals surface area contributed by atoms with Crippen molar-refractivity contribution in [1.82, 2.24) is 5.32 Å². The average molecular weight is 428 g/mol. The number of amides is 1. The number of benzene rings is 1. The standard InChI is InChI=1S/C15H23BrN2O3S.ClH/c1-22(20,21)9-6-13(15(19)18-8-3-7-17)10-12-4-2-5-14(16)11-12;/h2,4-5,11,13H,3,6-10,17H2,1H3,(H,18,19);1H. The van der Waals surface area contributed by atoms with Gasteiger partial charge in [-0.3, -0.25) is 4.79 Å². The van der Waals surface area contributed by atoms with Gasteiger partial charge in [0.1, 0.15) is 9.84 Å². The number of hydrogen-bond acceptors (Lipinski definition) is 4. The van der Waals surface area contributed by atoms with Crippen LogP contribution in [-0.2, 0) is 21.1 Å². The Morgan fingerprint density at radius 2 is 2.09 bits per heavy atom. The summed E-state index contributed by atoms with van der Waals surface area (Å²) in [5, 5.41) is 2.83. The van der Waals surface area contributed by atoms with Gasteiger partial charge in [0.25, 0.3) is 0 Å². The van der Waals surface area contributed by atoms with Crippen LogP contribution in [-0.4, -0.2) is 39.4 Å². The molecule has 0 fully saturated rings. The normalized spacial score (nSPS) is 12.3. The predicted molar refractivity (Wildman–Crippen MR) is 99.6 cm³/mol. The maximum atomic E-state index is 12.3. The topological polar surface area (TPSA) is 89.3 Å². The molecule has 0 heterocycles. The summed E-state index contributed by atoms with van der Waals surface area (Å²) >= 11 is 3.40.